The molecule has 7 nitrogen and oxygen atoms in total. The summed E-state index contributed by atoms with van der Waals surface area (Å²) in [7, 11) is 0. The first-order chi connectivity index (χ1) is 12.5. The van der Waals surface area contributed by atoms with E-state index >= 15 is 0 Å². The number of halogens is 2. The molecule has 0 saturated heterocycles. The van der Waals surface area contributed by atoms with Crippen molar-refractivity contribution >= 4 is 39.8 Å². The van der Waals surface area contributed by atoms with Gasteiger partial charge < -0.3 is 0 Å². The maximum absolute atomic E-state index is 10.9. The molecule has 0 aliphatic carbocycles. The number of non-ortho nitro benzene ring substituents is 1. The lowest BCUT2D eigenvalue weighted by atomic mass is 10.0. The van der Waals surface area contributed by atoms with Gasteiger partial charge in [-0.15, -0.1) is 0 Å². The number of nitrogens with zero attached hydrogens (tertiary/aromatic N) is 4. The molecule has 0 fully saturated rings. The number of fused-ring (bicyclic) bond motifs is 1. The van der Waals surface area contributed by atoms with Crippen LogP contribution < -0.4 is 0 Å². The molecule has 0 saturated carbocycles. The Kier molecular flexibility index (Phi) is 4.02. The first kappa shape index (κ1) is 16.4. The summed E-state index contributed by atoms with van der Waals surface area (Å²) < 4.78 is 0. The van der Waals surface area contributed by atoms with Crippen LogP contribution in [0, 0.1) is 10.1 Å². The van der Waals surface area contributed by atoms with Gasteiger partial charge >= 0.3 is 0 Å². The zero-order valence-electron chi connectivity index (χ0n) is 13.0. The Labute approximate surface area is 156 Å². The fraction of sp³-hybridized carbons (Fsp3) is 0. The van der Waals surface area contributed by atoms with Crippen LogP contribution in [0.2, 0.25) is 10.0 Å². The number of H-pyrrole nitrogens is 1. The van der Waals surface area contributed by atoms with Crippen LogP contribution in [0.3, 0.4) is 0 Å². The van der Waals surface area contributed by atoms with Gasteiger partial charge in [-0.1, -0.05) is 23.2 Å². The van der Waals surface area contributed by atoms with E-state index in [-0.39, 0.29) is 10.7 Å². The number of hydrogen-bond acceptors (Lipinski definition) is 5. The van der Waals surface area contributed by atoms with Gasteiger partial charge in [-0.05, 0) is 24.3 Å². The summed E-state index contributed by atoms with van der Waals surface area (Å²) in [5.41, 5.74) is 3.16. The zero-order valence-corrected chi connectivity index (χ0v) is 14.5. The Morgan fingerprint density at radius 3 is 2.65 bits per heavy atom. The Morgan fingerprint density at radius 1 is 1.04 bits per heavy atom. The molecular formula is C17H9Cl2N5O2. The molecule has 2 aromatic carbocycles. The third kappa shape index (κ3) is 2.77. The fourth-order valence-electron chi connectivity index (χ4n) is 2.73. The van der Waals surface area contributed by atoms with Crippen molar-refractivity contribution in [2.24, 2.45) is 0 Å². The van der Waals surface area contributed by atoms with Crippen LogP contribution >= 0.6 is 23.2 Å². The first-order valence-corrected chi connectivity index (χ1v) is 8.18. The third-order valence-electron chi connectivity index (χ3n) is 3.93. The Hall–Kier alpha value is -3.03. The van der Waals surface area contributed by atoms with Crippen molar-refractivity contribution in [1.82, 2.24) is 20.2 Å². The highest BCUT2D eigenvalue weighted by molar-refractivity contribution is 6.33. The maximum Gasteiger partial charge on any atom is 0.270 e. The number of hydrogen-bond donors (Lipinski definition) is 1. The predicted octanol–water partition coefficient (Wildman–Crippen LogP) is 4.90. The molecule has 0 atom stereocenters. The summed E-state index contributed by atoms with van der Waals surface area (Å²) in [5, 5.41) is 19.5. The summed E-state index contributed by atoms with van der Waals surface area (Å²) >= 11 is 12.4. The predicted molar refractivity (Wildman–Crippen MR) is 99.2 cm³/mol. The van der Waals surface area contributed by atoms with E-state index in [1.54, 1.807) is 30.5 Å². The number of rotatable bonds is 3. The van der Waals surface area contributed by atoms with E-state index in [1.165, 1.54) is 18.5 Å². The second-order valence-corrected chi connectivity index (χ2v) is 6.31. The normalized spacial score (nSPS) is 11.0. The quantitative estimate of drug-likeness (QED) is 0.399. The summed E-state index contributed by atoms with van der Waals surface area (Å²) in [6.07, 6.45) is 3.05. The number of benzene rings is 2. The molecule has 0 spiro atoms. The minimum absolute atomic E-state index is 0.0805. The minimum Gasteiger partial charge on any atom is -0.276 e. The van der Waals surface area contributed by atoms with Gasteiger partial charge in [-0.2, -0.15) is 5.10 Å². The molecule has 9 heteroatoms. The van der Waals surface area contributed by atoms with Gasteiger partial charge in [-0.25, -0.2) is 9.97 Å². The molecule has 2 heterocycles. The second-order valence-electron chi connectivity index (χ2n) is 5.46. The Bertz CT molecular complexity index is 1160. The van der Waals surface area contributed by atoms with Crippen LogP contribution in [0.15, 0.2) is 48.9 Å². The fourth-order valence-corrected chi connectivity index (χ4v) is 3.18. The summed E-state index contributed by atoms with van der Waals surface area (Å²) in [4.78, 5) is 19.0. The van der Waals surface area contributed by atoms with E-state index in [9.17, 15) is 10.1 Å². The molecule has 4 rings (SSSR count). The van der Waals surface area contributed by atoms with Crippen LogP contribution in [0.5, 0.6) is 0 Å². The second kappa shape index (κ2) is 6.36. The molecule has 0 radical (unpaired) electrons. The van der Waals surface area contributed by atoms with Crippen LogP contribution in [-0.2, 0) is 0 Å². The van der Waals surface area contributed by atoms with Crippen LogP contribution in [0.25, 0.3) is 33.4 Å². The lowest BCUT2D eigenvalue weighted by Crippen LogP contribution is -1.92. The summed E-state index contributed by atoms with van der Waals surface area (Å²) in [6, 6.07) is 9.62. The standard InChI is InChI=1S/C17H9Cl2N5O2/c18-9-1-4-15-12(5-9)16(21-8-20-15)17-13(7-22-23-17)11-3-2-10(24(25)26)6-14(11)19/h1-8H,(H,22,23). The Balaban J connectivity index is 1.92. The van der Waals surface area contributed by atoms with Crippen molar-refractivity contribution < 1.29 is 4.92 Å². The van der Waals surface area contributed by atoms with Crippen LogP contribution in [0.1, 0.15) is 0 Å². The molecule has 0 bridgehead atoms. The number of aromatic amines is 1. The smallest absolute Gasteiger partial charge is 0.270 e. The lowest BCUT2D eigenvalue weighted by molar-refractivity contribution is -0.384. The van der Waals surface area contributed by atoms with E-state index in [0.29, 0.717) is 27.5 Å². The largest absolute Gasteiger partial charge is 0.276 e. The topological polar surface area (TPSA) is 97.6 Å². The van der Waals surface area contributed by atoms with E-state index < -0.39 is 4.92 Å². The molecule has 2 aromatic heterocycles. The zero-order chi connectivity index (χ0) is 18.3. The average molecular weight is 386 g/mol. The molecule has 1 N–H and O–H groups in total. The van der Waals surface area contributed by atoms with Crippen molar-refractivity contribution in [1.29, 1.82) is 0 Å². The molecular weight excluding hydrogens is 377 g/mol. The highest BCUT2D eigenvalue weighted by atomic mass is 35.5. The highest BCUT2D eigenvalue weighted by Crippen LogP contribution is 2.37. The summed E-state index contributed by atoms with van der Waals surface area (Å²) in [6.45, 7) is 0. The van der Waals surface area contributed by atoms with E-state index in [2.05, 4.69) is 20.2 Å². The van der Waals surface area contributed by atoms with E-state index in [4.69, 9.17) is 23.2 Å². The number of nitro groups is 1. The van der Waals surface area contributed by atoms with Gasteiger partial charge in [0.05, 0.1) is 33.0 Å². The van der Waals surface area contributed by atoms with Crippen molar-refractivity contribution in [2.75, 3.05) is 0 Å². The SMILES string of the molecule is O=[N+]([O-])c1ccc(-c2cn[nH]c2-c2ncnc3ccc(Cl)cc23)c(Cl)c1. The molecule has 0 aliphatic rings. The van der Waals surface area contributed by atoms with Gasteiger partial charge in [0.25, 0.3) is 5.69 Å². The maximum atomic E-state index is 10.9. The molecule has 26 heavy (non-hydrogen) atoms. The monoisotopic (exact) mass is 385 g/mol. The molecule has 4 aromatic rings. The van der Waals surface area contributed by atoms with Crippen LogP contribution in [-0.4, -0.2) is 25.1 Å². The van der Waals surface area contributed by atoms with E-state index in [0.717, 1.165) is 10.9 Å². The number of nitrogens with one attached hydrogen (secondary N) is 1. The van der Waals surface area contributed by atoms with Gasteiger partial charge in [0.15, 0.2) is 0 Å². The first-order valence-electron chi connectivity index (χ1n) is 7.43. The van der Waals surface area contributed by atoms with E-state index in [1.807, 2.05) is 0 Å². The number of nitro benzene ring substituents is 1. The highest BCUT2D eigenvalue weighted by Gasteiger charge is 2.18. The number of aromatic nitrogens is 4. The van der Waals surface area contributed by atoms with Crippen molar-refractivity contribution in [2.45, 2.75) is 0 Å². The van der Waals surface area contributed by atoms with Crippen molar-refractivity contribution in [3.8, 4) is 22.5 Å². The molecule has 0 unspecified atom stereocenters. The molecule has 128 valence electrons. The van der Waals surface area contributed by atoms with Gasteiger partial charge in [0, 0.05) is 33.7 Å². The van der Waals surface area contributed by atoms with Gasteiger partial charge in [-0.3, -0.25) is 15.2 Å². The van der Waals surface area contributed by atoms with Crippen molar-refractivity contribution in [3.63, 3.8) is 0 Å². The van der Waals surface area contributed by atoms with Gasteiger partial charge in [0.1, 0.15) is 6.33 Å². The molecule has 0 aliphatic heterocycles. The third-order valence-corrected chi connectivity index (χ3v) is 4.47. The average Bonchev–Trinajstić information content (AvgIpc) is 3.10. The minimum atomic E-state index is -0.494. The summed E-state index contributed by atoms with van der Waals surface area (Å²) in [5.74, 6) is 0. The Morgan fingerprint density at radius 2 is 1.88 bits per heavy atom. The van der Waals surface area contributed by atoms with Gasteiger partial charge in [0.2, 0.25) is 0 Å². The van der Waals surface area contributed by atoms with Crippen molar-refractivity contribution in [3.05, 3.63) is 69.1 Å². The molecule has 0 amide bonds. The lowest BCUT2D eigenvalue weighted by Gasteiger charge is -2.08. The van der Waals surface area contributed by atoms with Crippen LogP contribution in [0.4, 0.5) is 5.69 Å².